The van der Waals surface area contributed by atoms with E-state index in [1.807, 2.05) is 120 Å². The lowest BCUT2D eigenvalue weighted by molar-refractivity contribution is 0.611. The molecule has 7 heteroatoms. The number of para-hydroxylation sites is 8. The Hall–Kier alpha value is -8.81. The van der Waals surface area contributed by atoms with Gasteiger partial charge in [-0.3, -0.25) is 9.13 Å². The van der Waals surface area contributed by atoms with Crippen molar-refractivity contribution in [3.8, 4) is 34.1 Å². The van der Waals surface area contributed by atoms with Gasteiger partial charge in [0, 0.05) is 60.3 Å². The second-order valence-electron chi connectivity index (χ2n) is 17.0. The molecule has 0 aliphatic rings. The zero-order chi connectivity index (χ0) is 43.6. The van der Waals surface area contributed by atoms with Crippen molar-refractivity contribution >= 4 is 87.2 Å². The van der Waals surface area contributed by atoms with Crippen LogP contribution in [0.25, 0.3) is 121 Å². The fraction of sp³-hybridized carbons (Fsp3) is 0. The highest BCUT2D eigenvalue weighted by molar-refractivity contribution is 6.13. The third-order valence-electron chi connectivity index (χ3n) is 13.5. The third-order valence-corrected chi connectivity index (χ3v) is 13.5. The Morgan fingerprint density at radius 3 is 0.864 bits per heavy atom. The summed E-state index contributed by atoms with van der Waals surface area (Å²) in [5.74, 6) is -0.560. The Bertz CT molecular complexity index is 4120. The lowest BCUT2D eigenvalue weighted by atomic mass is 10.0. The molecule has 0 saturated heterocycles. The molecule has 0 amide bonds. The third kappa shape index (κ3) is 5.05. The number of pyridine rings is 1. The van der Waals surface area contributed by atoms with Gasteiger partial charge in [-0.15, -0.1) is 0 Å². The molecule has 5 aromatic heterocycles. The molecular formula is C59H35F2N5. The molecule has 0 spiro atoms. The highest BCUT2D eigenvalue weighted by atomic mass is 19.1. The molecule has 0 fully saturated rings. The maximum Gasteiger partial charge on any atom is 0.176 e. The normalized spacial score (nSPS) is 12.1. The van der Waals surface area contributed by atoms with E-state index in [1.54, 1.807) is 6.07 Å². The van der Waals surface area contributed by atoms with Crippen molar-refractivity contribution in [2.24, 2.45) is 0 Å². The van der Waals surface area contributed by atoms with Crippen molar-refractivity contribution in [2.45, 2.75) is 0 Å². The SMILES string of the molecule is Fc1cc(-n2c3ccccc3c3ccccc32)c(-n2c3ccccc3c3ccccc32)cc1-c1cc(F)c(-n2c3ccccc3c3ccccc32)nc1-n1c2ccccc2c2ccccc21. The van der Waals surface area contributed by atoms with Crippen LogP contribution in [0.15, 0.2) is 212 Å². The van der Waals surface area contributed by atoms with Gasteiger partial charge in [-0.2, -0.15) is 0 Å². The number of hydrogen-bond donors (Lipinski definition) is 0. The molecule has 0 saturated carbocycles. The number of halogens is 2. The van der Waals surface area contributed by atoms with Crippen LogP contribution >= 0.6 is 0 Å². The minimum Gasteiger partial charge on any atom is -0.307 e. The molecular weight excluding hydrogens is 817 g/mol. The standard InChI is InChI=1S/C59H35F2N5/c60-46-35-57(64-50-27-11-3-19-38(50)39-20-4-12-28-51(39)64)56(63-48-25-9-1-17-36(48)37-18-2-10-26-49(37)63)34-44(46)45-33-47(61)59(66-54-31-15-7-23-42(54)43-24-8-16-32-55(43)66)62-58(45)65-52-29-13-5-21-40(52)41-22-6-14-30-53(41)65/h1-35H. The van der Waals surface area contributed by atoms with Crippen molar-refractivity contribution in [1.29, 1.82) is 0 Å². The summed E-state index contributed by atoms with van der Waals surface area (Å²) >= 11 is 0. The van der Waals surface area contributed by atoms with E-state index in [1.165, 1.54) is 6.07 Å². The van der Waals surface area contributed by atoms with Crippen molar-refractivity contribution in [3.05, 3.63) is 224 Å². The number of benzene rings is 9. The average Bonchev–Trinajstić information content (AvgIpc) is 4.09. The summed E-state index contributed by atoms with van der Waals surface area (Å²) < 4.78 is 44.3. The molecule has 9 aromatic carbocycles. The maximum atomic E-state index is 18.2. The predicted molar refractivity (Wildman–Crippen MR) is 267 cm³/mol. The largest absolute Gasteiger partial charge is 0.307 e. The monoisotopic (exact) mass is 851 g/mol. The summed E-state index contributed by atoms with van der Waals surface area (Å²) in [4.78, 5) is 5.39. The number of aromatic nitrogens is 5. The first-order valence-electron chi connectivity index (χ1n) is 22.1. The smallest absolute Gasteiger partial charge is 0.176 e. The number of nitrogens with zero attached hydrogens (tertiary/aromatic N) is 5. The van der Waals surface area contributed by atoms with E-state index in [-0.39, 0.29) is 11.4 Å². The quantitative estimate of drug-likeness (QED) is 0.170. The van der Waals surface area contributed by atoms with Gasteiger partial charge >= 0.3 is 0 Å². The van der Waals surface area contributed by atoms with Crippen molar-refractivity contribution in [1.82, 2.24) is 23.3 Å². The zero-order valence-corrected chi connectivity index (χ0v) is 35.2. The lowest BCUT2D eigenvalue weighted by Gasteiger charge is -2.21. The molecule has 5 nitrogen and oxygen atoms in total. The number of hydrogen-bond acceptors (Lipinski definition) is 1. The van der Waals surface area contributed by atoms with E-state index in [0.29, 0.717) is 17.1 Å². The van der Waals surface area contributed by atoms with Crippen LogP contribution in [0, 0.1) is 11.6 Å². The molecule has 0 bridgehead atoms. The molecule has 5 heterocycles. The Kier molecular flexibility index (Phi) is 7.69. The number of rotatable bonds is 5. The second kappa shape index (κ2) is 13.8. The number of fused-ring (bicyclic) bond motifs is 12. The van der Waals surface area contributed by atoms with Gasteiger partial charge in [-0.25, -0.2) is 13.8 Å². The summed E-state index contributed by atoms with van der Waals surface area (Å²) in [7, 11) is 0. The van der Waals surface area contributed by atoms with E-state index >= 15 is 8.78 Å². The maximum absolute atomic E-state index is 18.2. The molecule has 14 rings (SSSR count). The fourth-order valence-electron chi connectivity index (χ4n) is 10.8. The lowest BCUT2D eigenvalue weighted by Crippen LogP contribution is -2.10. The zero-order valence-electron chi connectivity index (χ0n) is 35.2. The first-order valence-corrected chi connectivity index (χ1v) is 22.1. The molecule has 0 radical (unpaired) electrons. The van der Waals surface area contributed by atoms with Crippen molar-refractivity contribution < 1.29 is 8.78 Å². The van der Waals surface area contributed by atoms with Crippen LogP contribution in [-0.2, 0) is 0 Å². The Morgan fingerprint density at radius 1 is 0.258 bits per heavy atom. The van der Waals surface area contributed by atoms with Gasteiger partial charge in [0.05, 0.1) is 55.5 Å². The van der Waals surface area contributed by atoms with Gasteiger partial charge in [0.2, 0.25) is 0 Å². The Morgan fingerprint density at radius 2 is 0.530 bits per heavy atom. The summed E-state index contributed by atoms with van der Waals surface area (Å²) in [6.45, 7) is 0. The highest BCUT2D eigenvalue weighted by Gasteiger charge is 2.27. The minimum absolute atomic E-state index is 0.123. The van der Waals surface area contributed by atoms with Gasteiger partial charge in [0.1, 0.15) is 11.6 Å². The van der Waals surface area contributed by atoms with Gasteiger partial charge in [0.25, 0.3) is 0 Å². The average molecular weight is 852 g/mol. The van der Waals surface area contributed by atoms with Crippen LogP contribution in [0.5, 0.6) is 0 Å². The van der Waals surface area contributed by atoms with E-state index in [9.17, 15) is 0 Å². The summed E-state index contributed by atoms with van der Waals surface area (Å²) in [6.07, 6.45) is 0. The Labute approximate surface area is 375 Å². The van der Waals surface area contributed by atoms with Gasteiger partial charge < -0.3 is 9.13 Å². The van der Waals surface area contributed by atoms with Crippen LogP contribution in [0.4, 0.5) is 8.78 Å². The van der Waals surface area contributed by atoms with Gasteiger partial charge in [0.15, 0.2) is 11.6 Å². The topological polar surface area (TPSA) is 32.6 Å². The summed E-state index contributed by atoms with van der Waals surface area (Å²) in [5.41, 5.74) is 9.12. The first-order chi connectivity index (χ1) is 32.6. The van der Waals surface area contributed by atoms with Crippen LogP contribution in [0.2, 0.25) is 0 Å². The summed E-state index contributed by atoms with van der Waals surface area (Å²) in [6, 6.07) is 70.5. The molecule has 14 aromatic rings. The van der Waals surface area contributed by atoms with Crippen LogP contribution in [-0.4, -0.2) is 23.3 Å². The van der Waals surface area contributed by atoms with Crippen molar-refractivity contribution in [2.75, 3.05) is 0 Å². The van der Waals surface area contributed by atoms with Crippen LogP contribution in [0.3, 0.4) is 0 Å². The molecule has 310 valence electrons. The molecule has 66 heavy (non-hydrogen) atoms. The molecule has 0 atom stereocenters. The predicted octanol–water partition coefficient (Wildman–Crippen LogP) is 15.4. The van der Waals surface area contributed by atoms with E-state index in [0.717, 1.165) is 92.9 Å². The molecule has 0 N–H and O–H groups in total. The van der Waals surface area contributed by atoms with Crippen LogP contribution < -0.4 is 0 Å². The fourth-order valence-corrected chi connectivity index (χ4v) is 10.8. The Balaban J connectivity index is 1.14. The highest BCUT2D eigenvalue weighted by Crippen LogP contribution is 2.44. The van der Waals surface area contributed by atoms with Gasteiger partial charge in [-0.1, -0.05) is 146 Å². The van der Waals surface area contributed by atoms with Crippen molar-refractivity contribution in [3.63, 3.8) is 0 Å². The van der Waals surface area contributed by atoms with E-state index < -0.39 is 11.6 Å². The van der Waals surface area contributed by atoms with E-state index in [2.05, 4.69) is 98.6 Å². The minimum atomic E-state index is -0.578. The summed E-state index contributed by atoms with van der Waals surface area (Å²) in [5, 5.41) is 8.26. The van der Waals surface area contributed by atoms with Crippen LogP contribution in [0.1, 0.15) is 0 Å². The first kappa shape index (κ1) is 36.7. The molecule has 0 aliphatic carbocycles. The molecule has 0 unspecified atom stereocenters. The second-order valence-corrected chi connectivity index (χ2v) is 17.0. The van der Waals surface area contributed by atoms with E-state index in [4.69, 9.17) is 4.98 Å². The van der Waals surface area contributed by atoms with Gasteiger partial charge in [-0.05, 0) is 60.7 Å². The molecule has 0 aliphatic heterocycles.